The van der Waals surface area contributed by atoms with Gasteiger partial charge < -0.3 is 15.4 Å². The SMILES string of the molecule is COCCCNC(=O)[C@H]1CS[C@H](Cc2ccccc2F)C(=O)N1. The van der Waals surface area contributed by atoms with Gasteiger partial charge in [0.1, 0.15) is 11.9 Å². The van der Waals surface area contributed by atoms with Crippen molar-refractivity contribution in [1.29, 1.82) is 0 Å². The van der Waals surface area contributed by atoms with Crippen LogP contribution >= 0.6 is 11.8 Å². The Hall–Kier alpha value is -1.60. The minimum absolute atomic E-state index is 0.189. The molecule has 1 aromatic rings. The number of halogens is 1. The summed E-state index contributed by atoms with van der Waals surface area (Å²) in [6.07, 6.45) is 1.05. The molecule has 0 unspecified atom stereocenters. The number of carbonyl (C=O) groups is 2. The number of amides is 2. The molecule has 5 nitrogen and oxygen atoms in total. The van der Waals surface area contributed by atoms with E-state index in [1.807, 2.05) is 0 Å². The van der Waals surface area contributed by atoms with Crippen molar-refractivity contribution in [3.63, 3.8) is 0 Å². The van der Waals surface area contributed by atoms with Crippen molar-refractivity contribution in [2.75, 3.05) is 26.0 Å². The number of benzene rings is 1. The number of ether oxygens (including phenoxy) is 1. The van der Waals surface area contributed by atoms with Crippen LogP contribution in [-0.4, -0.2) is 49.1 Å². The molecule has 2 atom stereocenters. The second-order valence-electron chi connectivity index (χ2n) is 5.32. The molecule has 2 amide bonds. The number of nitrogens with one attached hydrogen (secondary N) is 2. The molecule has 0 aromatic heterocycles. The van der Waals surface area contributed by atoms with Crippen molar-refractivity contribution < 1.29 is 18.7 Å². The number of hydrogen-bond acceptors (Lipinski definition) is 4. The minimum Gasteiger partial charge on any atom is -0.385 e. The summed E-state index contributed by atoms with van der Waals surface area (Å²) < 4.78 is 18.6. The van der Waals surface area contributed by atoms with Gasteiger partial charge in [0.05, 0.1) is 5.25 Å². The molecule has 0 radical (unpaired) electrons. The van der Waals surface area contributed by atoms with Gasteiger partial charge in [-0.25, -0.2) is 4.39 Å². The number of hydrogen-bond donors (Lipinski definition) is 2. The van der Waals surface area contributed by atoms with Gasteiger partial charge in [-0.1, -0.05) is 18.2 Å². The van der Waals surface area contributed by atoms with E-state index in [2.05, 4.69) is 10.6 Å². The third-order valence-corrected chi connectivity index (χ3v) is 4.89. The fraction of sp³-hybridized carbons (Fsp3) is 0.500. The molecule has 0 spiro atoms. The summed E-state index contributed by atoms with van der Waals surface area (Å²) in [7, 11) is 1.61. The van der Waals surface area contributed by atoms with Crippen molar-refractivity contribution in [2.24, 2.45) is 0 Å². The van der Waals surface area contributed by atoms with E-state index in [0.29, 0.717) is 30.9 Å². The van der Waals surface area contributed by atoms with Gasteiger partial charge in [-0.05, 0) is 24.5 Å². The van der Waals surface area contributed by atoms with Gasteiger partial charge in [0.15, 0.2) is 0 Å². The van der Waals surface area contributed by atoms with Gasteiger partial charge in [-0.2, -0.15) is 0 Å². The predicted molar refractivity (Wildman–Crippen MR) is 87.8 cm³/mol. The summed E-state index contributed by atoms with van der Waals surface area (Å²) >= 11 is 1.39. The van der Waals surface area contributed by atoms with Crippen LogP contribution in [-0.2, 0) is 20.7 Å². The van der Waals surface area contributed by atoms with Crippen molar-refractivity contribution in [2.45, 2.75) is 24.1 Å². The summed E-state index contributed by atoms with van der Waals surface area (Å²) in [5.74, 6) is -0.229. The Bertz CT molecular complexity index is 556. The van der Waals surface area contributed by atoms with E-state index >= 15 is 0 Å². The van der Waals surface area contributed by atoms with Crippen LogP contribution < -0.4 is 10.6 Å². The molecule has 23 heavy (non-hydrogen) atoms. The Morgan fingerprint density at radius 2 is 2.26 bits per heavy atom. The van der Waals surface area contributed by atoms with Gasteiger partial charge >= 0.3 is 0 Å². The van der Waals surface area contributed by atoms with Gasteiger partial charge in [-0.15, -0.1) is 11.8 Å². The first-order chi connectivity index (χ1) is 11.1. The first-order valence-corrected chi connectivity index (χ1v) is 8.58. The molecule has 1 aromatic carbocycles. The molecule has 1 saturated heterocycles. The zero-order valence-electron chi connectivity index (χ0n) is 13.0. The van der Waals surface area contributed by atoms with Crippen molar-refractivity contribution >= 4 is 23.6 Å². The average Bonchev–Trinajstić information content (AvgIpc) is 2.55. The number of rotatable bonds is 7. The lowest BCUT2D eigenvalue weighted by Gasteiger charge is -2.28. The van der Waals surface area contributed by atoms with Crippen LogP contribution in [0.25, 0.3) is 0 Å². The van der Waals surface area contributed by atoms with Gasteiger partial charge in [0.2, 0.25) is 11.8 Å². The lowest BCUT2D eigenvalue weighted by Crippen LogP contribution is -2.54. The molecule has 0 aliphatic carbocycles. The van der Waals surface area contributed by atoms with E-state index in [1.54, 1.807) is 25.3 Å². The lowest BCUT2D eigenvalue weighted by atomic mass is 10.1. The highest BCUT2D eigenvalue weighted by molar-refractivity contribution is 8.00. The first-order valence-electron chi connectivity index (χ1n) is 7.54. The van der Waals surface area contributed by atoms with Crippen molar-refractivity contribution in [3.8, 4) is 0 Å². The Balaban J connectivity index is 1.81. The number of methoxy groups -OCH3 is 1. The highest BCUT2D eigenvalue weighted by Gasteiger charge is 2.32. The lowest BCUT2D eigenvalue weighted by molar-refractivity contribution is -0.128. The zero-order chi connectivity index (χ0) is 16.7. The maximum Gasteiger partial charge on any atom is 0.243 e. The van der Waals surface area contributed by atoms with Crippen molar-refractivity contribution in [3.05, 3.63) is 35.6 Å². The van der Waals surface area contributed by atoms with Crippen LogP contribution in [0.1, 0.15) is 12.0 Å². The normalized spacial score (nSPS) is 20.9. The molecule has 0 bridgehead atoms. The quantitative estimate of drug-likeness (QED) is 0.730. The molecule has 1 aliphatic heterocycles. The van der Waals surface area contributed by atoms with Gasteiger partial charge in [0.25, 0.3) is 0 Å². The summed E-state index contributed by atoms with van der Waals surface area (Å²) in [5, 5.41) is 5.12. The van der Waals surface area contributed by atoms with E-state index in [0.717, 1.165) is 6.42 Å². The summed E-state index contributed by atoms with van der Waals surface area (Å²) in [6.45, 7) is 1.10. The van der Waals surface area contributed by atoms with E-state index < -0.39 is 6.04 Å². The van der Waals surface area contributed by atoms with Crippen LogP contribution in [0.5, 0.6) is 0 Å². The van der Waals surface area contributed by atoms with E-state index in [9.17, 15) is 14.0 Å². The topological polar surface area (TPSA) is 67.4 Å². The second-order valence-corrected chi connectivity index (χ2v) is 6.55. The zero-order valence-corrected chi connectivity index (χ0v) is 13.8. The molecule has 2 rings (SSSR count). The third kappa shape index (κ3) is 5.21. The maximum absolute atomic E-state index is 13.7. The largest absolute Gasteiger partial charge is 0.385 e. The third-order valence-electron chi connectivity index (χ3n) is 3.58. The standard InChI is InChI=1S/C16H21FN2O3S/c1-22-8-4-7-18-15(20)13-10-23-14(16(21)19-13)9-11-5-2-3-6-12(11)17/h2-3,5-6,13-14H,4,7-10H2,1H3,(H,18,20)(H,19,21)/t13-,14-/m1/s1. The van der Waals surface area contributed by atoms with Crippen LogP contribution in [0.2, 0.25) is 0 Å². The Morgan fingerprint density at radius 1 is 1.48 bits per heavy atom. The summed E-state index contributed by atoms with van der Waals surface area (Å²) in [6, 6.07) is 5.90. The minimum atomic E-state index is -0.535. The molecule has 2 N–H and O–H groups in total. The molecule has 1 fully saturated rings. The van der Waals surface area contributed by atoms with Crippen LogP contribution in [0.15, 0.2) is 24.3 Å². The predicted octanol–water partition coefficient (Wildman–Crippen LogP) is 1.12. The highest BCUT2D eigenvalue weighted by Crippen LogP contribution is 2.23. The van der Waals surface area contributed by atoms with E-state index in [4.69, 9.17) is 4.74 Å². The van der Waals surface area contributed by atoms with Crippen LogP contribution in [0, 0.1) is 5.82 Å². The van der Waals surface area contributed by atoms with Gasteiger partial charge in [0, 0.05) is 26.0 Å². The Labute approximate surface area is 139 Å². The second kappa shape index (κ2) is 8.88. The van der Waals surface area contributed by atoms with Crippen LogP contribution in [0.4, 0.5) is 4.39 Å². The fourth-order valence-corrected chi connectivity index (χ4v) is 3.48. The molecule has 126 valence electrons. The maximum atomic E-state index is 13.7. The average molecular weight is 340 g/mol. The number of carbonyl (C=O) groups excluding carboxylic acids is 2. The Kier molecular flexibility index (Phi) is 6.85. The smallest absolute Gasteiger partial charge is 0.243 e. The summed E-state index contributed by atoms with van der Waals surface area (Å²) in [5.41, 5.74) is 0.516. The molecule has 1 aliphatic rings. The number of thioether (sulfide) groups is 1. The fourth-order valence-electron chi connectivity index (χ4n) is 2.30. The summed E-state index contributed by atoms with van der Waals surface area (Å²) in [4.78, 5) is 24.1. The Morgan fingerprint density at radius 3 is 2.96 bits per heavy atom. The van der Waals surface area contributed by atoms with E-state index in [-0.39, 0.29) is 22.9 Å². The van der Waals surface area contributed by atoms with Crippen LogP contribution in [0.3, 0.4) is 0 Å². The molecular weight excluding hydrogens is 319 g/mol. The highest BCUT2D eigenvalue weighted by atomic mass is 32.2. The monoisotopic (exact) mass is 340 g/mol. The molecule has 0 saturated carbocycles. The molecule has 7 heteroatoms. The van der Waals surface area contributed by atoms with E-state index in [1.165, 1.54) is 17.8 Å². The first kappa shape index (κ1) is 17.7. The molecular formula is C16H21FN2O3S. The molecule has 1 heterocycles. The van der Waals surface area contributed by atoms with Gasteiger partial charge in [-0.3, -0.25) is 9.59 Å². The van der Waals surface area contributed by atoms with Crippen molar-refractivity contribution in [1.82, 2.24) is 10.6 Å².